The van der Waals surface area contributed by atoms with Gasteiger partial charge in [-0.15, -0.1) is 16.3 Å². The van der Waals surface area contributed by atoms with E-state index in [-0.39, 0.29) is 30.5 Å². The Kier molecular flexibility index (Phi) is 9.15. The number of carbonyl (C=O) groups is 1. The van der Waals surface area contributed by atoms with E-state index in [4.69, 9.17) is 10.00 Å². The Bertz CT molecular complexity index is 1560. The number of nitrogens with zero attached hydrogens (tertiary/aromatic N) is 3. The molecule has 0 aliphatic carbocycles. The number of methoxy groups -OCH3 is 1. The van der Waals surface area contributed by atoms with E-state index >= 15 is 0 Å². The van der Waals surface area contributed by atoms with E-state index in [1.54, 1.807) is 23.8 Å². The van der Waals surface area contributed by atoms with Crippen molar-refractivity contribution >= 4 is 51.2 Å². The molecular formula is C27H24F3N7O2S. The summed E-state index contributed by atoms with van der Waals surface area (Å²) in [5.41, 5.74) is 1.25. The van der Waals surface area contributed by atoms with E-state index in [1.807, 2.05) is 30.3 Å². The highest BCUT2D eigenvalue weighted by atomic mass is 32.1. The number of benzene rings is 2. The van der Waals surface area contributed by atoms with E-state index in [2.05, 4.69) is 31.2 Å². The Morgan fingerprint density at radius 3 is 2.65 bits per heavy atom. The van der Waals surface area contributed by atoms with Gasteiger partial charge < -0.3 is 26.0 Å². The van der Waals surface area contributed by atoms with Crippen LogP contribution in [0.2, 0.25) is 0 Å². The average molecular weight is 568 g/mol. The van der Waals surface area contributed by atoms with Gasteiger partial charge in [-0.3, -0.25) is 9.78 Å². The SMILES string of the molecule is COCCN/C(=N\C#N)Nc1cc(NC(=O)c2sccc2NCc2ccnc3ccccc23)cc(C(F)(F)F)c1. The molecule has 0 fully saturated rings. The fraction of sp³-hybridized carbons (Fsp3) is 0.185. The van der Waals surface area contributed by atoms with Gasteiger partial charge in [0.05, 0.1) is 23.4 Å². The number of aromatic nitrogens is 1. The highest BCUT2D eigenvalue weighted by Gasteiger charge is 2.31. The second kappa shape index (κ2) is 12.9. The normalized spacial score (nSPS) is 11.6. The zero-order chi connectivity index (χ0) is 28.5. The fourth-order valence-corrected chi connectivity index (χ4v) is 4.58. The molecule has 0 radical (unpaired) electrons. The Morgan fingerprint density at radius 2 is 1.90 bits per heavy atom. The van der Waals surface area contributed by atoms with Crippen LogP contribution >= 0.6 is 11.3 Å². The van der Waals surface area contributed by atoms with Crippen LogP contribution in [-0.4, -0.2) is 37.1 Å². The number of hydrogen-bond acceptors (Lipinski definition) is 7. The minimum absolute atomic E-state index is 0.0295. The van der Waals surface area contributed by atoms with Crippen molar-refractivity contribution in [2.45, 2.75) is 12.7 Å². The van der Waals surface area contributed by atoms with Crippen LogP contribution in [0.3, 0.4) is 0 Å². The molecule has 0 aliphatic heterocycles. The number of para-hydroxylation sites is 1. The van der Waals surface area contributed by atoms with Crippen molar-refractivity contribution in [3.05, 3.63) is 82.2 Å². The number of hydrogen-bond donors (Lipinski definition) is 4. The molecule has 40 heavy (non-hydrogen) atoms. The van der Waals surface area contributed by atoms with Crippen LogP contribution in [0.15, 0.2) is 71.2 Å². The van der Waals surface area contributed by atoms with Gasteiger partial charge >= 0.3 is 6.18 Å². The largest absolute Gasteiger partial charge is 0.416 e. The van der Waals surface area contributed by atoms with Crippen molar-refractivity contribution < 1.29 is 22.7 Å². The highest BCUT2D eigenvalue weighted by Crippen LogP contribution is 2.34. The summed E-state index contributed by atoms with van der Waals surface area (Å²) in [4.78, 5) is 21.4. The first-order chi connectivity index (χ1) is 19.3. The molecule has 2 aromatic heterocycles. The Balaban J connectivity index is 1.53. The molecule has 0 atom stereocenters. The zero-order valence-corrected chi connectivity index (χ0v) is 22.0. The lowest BCUT2D eigenvalue weighted by molar-refractivity contribution is -0.137. The number of thiophene rings is 1. The maximum atomic E-state index is 13.7. The number of nitriles is 1. The van der Waals surface area contributed by atoms with Crippen LogP contribution < -0.4 is 21.3 Å². The van der Waals surface area contributed by atoms with Crippen molar-refractivity contribution in [1.29, 1.82) is 5.26 Å². The van der Waals surface area contributed by atoms with Crippen LogP contribution in [0.25, 0.3) is 10.9 Å². The summed E-state index contributed by atoms with van der Waals surface area (Å²) >= 11 is 1.16. The van der Waals surface area contributed by atoms with Gasteiger partial charge in [-0.1, -0.05) is 18.2 Å². The van der Waals surface area contributed by atoms with E-state index in [9.17, 15) is 18.0 Å². The molecule has 4 N–H and O–H groups in total. The molecule has 0 bridgehead atoms. The number of fused-ring (bicyclic) bond motifs is 1. The average Bonchev–Trinajstić information content (AvgIpc) is 3.40. The lowest BCUT2D eigenvalue weighted by Crippen LogP contribution is -2.33. The standard InChI is InChI=1S/C27H24F3N7O2S/c1-39-10-9-33-26(35-16-31)37-20-13-18(27(28,29)30)12-19(14-20)36-25(38)24-23(7-11-40-24)34-15-17-6-8-32-22-5-3-2-4-21(17)22/h2-8,11-14,34H,9-10,15H2,1H3,(H,36,38)(H2,33,35,37). The Hall–Kier alpha value is -4.67. The van der Waals surface area contributed by atoms with Gasteiger partial charge in [0.1, 0.15) is 4.88 Å². The maximum Gasteiger partial charge on any atom is 0.416 e. The molecule has 0 unspecified atom stereocenters. The summed E-state index contributed by atoms with van der Waals surface area (Å²) in [6.07, 6.45) is -1.39. The van der Waals surface area contributed by atoms with E-state index in [1.165, 1.54) is 13.2 Å². The van der Waals surface area contributed by atoms with E-state index in [0.29, 0.717) is 17.1 Å². The smallest absolute Gasteiger partial charge is 0.383 e. The fourth-order valence-electron chi connectivity index (χ4n) is 3.82. The number of nitrogens with one attached hydrogen (secondary N) is 4. The minimum Gasteiger partial charge on any atom is -0.383 e. The monoisotopic (exact) mass is 567 g/mol. The third-order valence-corrected chi connectivity index (χ3v) is 6.53. The lowest BCUT2D eigenvalue weighted by atomic mass is 10.1. The molecule has 0 aliphatic rings. The summed E-state index contributed by atoms with van der Waals surface area (Å²) in [5.74, 6) is -0.643. The quantitative estimate of drug-likeness (QED) is 0.0890. The second-order valence-corrected chi connectivity index (χ2v) is 9.28. The molecular weight excluding hydrogens is 543 g/mol. The van der Waals surface area contributed by atoms with Crippen molar-refractivity contribution in [1.82, 2.24) is 10.3 Å². The number of carbonyl (C=O) groups excluding carboxylic acids is 1. The number of guanidine groups is 1. The molecule has 4 aromatic rings. The van der Waals surface area contributed by atoms with Crippen LogP contribution in [0.4, 0.5) is 30.2 Å². The minimum atomic E-state index is -4.68. The number of alkyl halides is 3. The van der Waals surface area contributed by atoms with Crippen LogP contribution in [-0.2, 0) is 17.5 Å². The third kappa shape index (κ3) is 7.25. The van der Waals surface area contributed by atoms with Gasteiger partial charge in [-0.2, -0.15) is 18.4 Å². The first kappa shape index (κ1) is 28.3. The molecule has 0 spiro atoms. The number of ether oxygens (including phenoxy) is 1. The number of anilines is 3. The maximum absolute atomic E-state index is 13.7. The summed E-state index contributed by atoms with van der Waals surface area (Å²) in [6.45, 7) is 0.954. The van der Waals surface area contributed by atoms with Gasteiger partial charge in [0.15, 0.2) is 0 Å². The molecule has 2 aromatic carbocycles. The first-order valence-corrected chi connectivity index (χ1v) is 12.8. The molecule has 0 saturated carbocycles. The zero-order valence-electron chi connectivity index (χ0n) is 21.2. The molecule has 206 valence electrons. The van der Waals surface area contributed by atoms with Gasteiger partial charge in [0, 0.05) is 43.2 Å². The summed E-state index contributed by atoms with van der Waals surface area (Å²) in [5, 5.41) is 22.9. The molecule has 4 rings (SSSR count). The summed E-state index contributed by atoms with van der Waals surface area (Å²) in [7, 11) is 1.48. The molecule has 13 heteroatoms. The highest BCUT2D eigenvalue weighted by molar-refractivity contribution is 7.12. The molecule has 2 heterocycles. The topological polar surface area (TPSA) is 123 Å². The molecule has 9 nitrogen and oxygen atoms in total. The lowest BCUT2D eigenvalue weighted by Gasteiger charge is -2.16. The second-order valence-electron chi connectivity index (χ2n) is 8.36. The summed E-state index contributed by atoms with van der Waals surface area (Å²) in [6, 6.07) is 14.3. The number of halogens is 3. The number of pyridine rings is 1. The third-order valence-electron chi connectivity index (χ3n) is 5.62. The van der Waals surface area contributed by atoms with Crippen LogP contribution in [0.1, 0.15) is 20.8 Å². The predicted molar refractivity (Wildman–Crippen MR) is 149 cm³/mol. The van der Waals surface area contributed by atoms with Crippen molar-refractivity contribution in [3.63, 3.8) is 0 Å². The van der Waals surface area contributed by atoms with Crippen LogP contribution in [0, 0.1) is 11.5 Å². The van der Waals surface area contributed by atoms with E-state index < -0.39 is 17.6 Å². The Morgan fingerprint density at radius 1 is 1.12 bits per heavy atom. The number of aliphatic imine (C=N–C) groups is 1. The van der Waals surface area contributed by atoms with Crippen molar-refractivity contribution in [2.24, 2.45) is 4.99 Å². The van der Waals surface area contributed by atoms with Crippen molar-refractivity contribution in [3.8, 4) is 6.19 Å². The Labute approximate surface area is 231 Å². The van der Waals surface area contributed by atoms with Crippen molar-refractivity contribution in [2.75, 3.05) is 36.2 Å². The summed E-state index contributed by atoms with van der Waals surface area (Å²) < 4.78 is 45.9. The number of amides is 1. The molecule has 0 saturated heterocycles. The van der Waals surface area contributed by atoms with Gasteiger partial charge in [-0.25, -0.2) is 0 Å². The number of rotatable bonds is 9. The molecule has 1 amide bonds. The van der Waals surface area contributed by atoms with Gasteiger partial charge in [0.25, 0.3) is 5.91 Å². The first-order valence-electron chi connectivity index (χ1n) is 11.9. The predicted octanol–water partition coefficient (Wildman–Crippen LogP) is 5.66. The van der Waals surface area contributed by atoms with Gasteiger partial charge in [-0.05, 0) is 47.3 Å². The van der Waals surface area contributed by atoms with Gasteiger partial charge in [0.2, 0.25) is 12.2 Å². The van der Waals surface area contributed by atoms with Crippen LogP contribution in [0.5, 0.6) is 0 Å². The van der Waals surface area contributed by atoms with E-state index in [0.717, 1.165) is 39.9 Å².